The van der Waals surface area contributed by atoms with Crippen molar-refractivity contribution in [3.63, 3.8) is 0 Å². The van der Waals surface area contributed by atoms with Crippen LogP contribution >= 0.6 is 37.2 Å². The Balaban J connectivity index is -0.00000261. The van der Waals surface area contributed by atoms with E-state index in [2.05, 4.69) is 10.3 Å². The number of hydrogen-bond donors (Lipinski definition) is 8. The molecule has 1 rings (SSSR count). The van der Waals surface area contributed by atoms with Gasteiger partial charge in [0, 0.05) is 19.0 Å². The number of carboxylic acid groups (broad SMARTS) is 1. The first-order valence-electron chi connectivity index (χ1n) is 9.53. The highest BCUT2D eigenvalue weighted by Crippen LogP contribution is 2.38. The van der Waals surface area contributed by atoms with E-state index >= 15 is 0 Å². The summed E-state index contributed by atoms with van der Waals surface area (Å²) >= 11 is 0. The summed E-state index contributed by atoms with van der Waals surface area (Å²) in [4.78, 5) is 27.8. The number of carboxylic acids is 1. The molecule has 0 heterocycles. The van der Waals surface area contributed by atoms with Crippen LogP contribution in [0, 0.1) is 11.8 Å². The zero-order valence-electron chi connectivity index (χ0n) is 17.3. The van der Waals surface area contributed by atoms with Crippen LogP contribution in [0.25, 0.3) is 0 Å². The van der Waals surface area contributed by atoms with Gasteiger partial charge in [-0.25, -0.2) is 0 Å². The van der Waals surface area contributed by atoms with Crippen molar-refractivity contribution >= 4 is 62.2 Å². The molecule has 11 nitrogen and oxygen atoms in total. The Kier molecular flexibility index (Phi) is 18.5. The van der Waals surface area contributed by atoms with E-state index in [4.69, 9.17) is 33.0 Å². The highest BCUT2D eigenvalue weighted by molar-refractivity contribution is 6.40. The fourth-order valence-corrected chi connectivity index (χ4v) is 3.62. The molecular formula is C16H36BCl3N6O5. The minimum absolute atomic E-state index is 0. The van der Waals surface area contributed by atoms with E-state index in [9.17, 15) is 14.7 Å². The van der Waals surface area contributed by atoms with Crippen LogP contribution in [0.3, 0.4) is 0 Å². The molecule has 1 fully saturated rings. The van der Waals surface area contributed by atoms with Crippen LogP contribution in [0.1, 0.15) is 38.5 Å². The first-order chi connectivity index (χ1) is 13.1. The summed E-state index contributed by atoms with van der Waals surface area (Å²) in [6.45, 7) is 0.499. The van der Waals surface area contributed by atoms with Gasteiger partial charge in [0.05, 0.1) is 6.04 Å². The Hall–Kier alpha value is -1.02. The van der Waals surface area contributed by atoms with Gasteiger partial charge in [-0.1, -0.05) is 6.42 Å². The van der Waals surface area contributed by atoms with Gasteiger partial charge < -0.3 is 43.4 Å². The van der Waals surface area contributed by atoms with Crippen molar-refractivity contribution in [3.05, 3.63) is 0 Å². The molecule has 0 aromatic heterocycles. The normalized spacial score (nSPS) is 23.1. The number of aliphatic imine (C=N–C) groups is 1. The van der Waals surface area contributed by atoms with E-state index in [-0.39, 0.29) is 74.3 Å². The van der Waals surface area contributed by atoms with Crippen LogP contribution in [-0.2, 0) is 9.59 Å². The maximum Gasteiger partial charge on any atom is 0.451 e. The molecule has 1 aliphatic rings. The molecule has 0 saturated heterocycles. The maximum atomic E-state index is 12.2. The van der Waals surface area contributed by atoms with Gasteiger partial charge in [0.2, 0.25) is 5.91 Å². The van der Waals surface area contributed by atoms with E-state index in [1.807, 2.05) is 0 Å². The van der Waals surface area contributed by atoms with Gasteiger partial charge in [0.25, 0.3) is 0 Å². The molecule has 184 valence electrons. The second-order valence-corrected chi connectivity index (χ2v) is 7.55. The second-order valence-electron chi connectivity index (χ2n) is 7.55. The van der Waals surface area contributed by atoms with Gasteiger partial charge in [-0.3, -0.25) is 14.6 Å². The van der Waals surface area contributed by atoms with E-state index in [1.54, 1.807) is 0 Å². The number of nitrogens with zero attached hydrogens (tertiary/aromatic N) is 1. The van der Waals surface area contributed by atoms with E-state index in [0.29, 0.717) is 38.6 Å². The lowest BCUT2D eigenvalue weighted by Gasteiger charge is -2.41. The fourth-order valence-electron chi connectivity index (χ4n) is 3.62. The Morgan fingerprint density at radius 3 is 2.32 bits per heavy atom. The molecule has 0 aromatic rings. The molecule has 31 heavy (non-hydrogen) atoms. The molecule has 1 aliphatic carbocycles. The molecule has 4 atom stereocenters. The average molecular weight is 510 g/mol. The zero-order valence-corrected chi connectivity index (χ0v) is 19.8. The zero-order chi connectivity index (χ0) is 21.3. The summed E-state index contributed by atoms with van der Waals surface area (Å²) in [6.07, 6.45) is 3.06. The van der Waals surface area contributed by atoms with Crippen LogP contribution in [-0.4, -0.2) is 64.8 Å². The standard InChI is InChI=1S/C16H33BN6O5.3ClH/c18-12(2-1-7-22-15(19)20)13(24)23-9-11-4-3-10(5-6-17(27)28)8-16(11,21)14(25)26;;;/h10-12,27-28H,1-9,18,21H2,(H,23,24)(H,25,26)(H4,19,20,22);3*1H/t10-,11-,12-,16+;;;/m0.../s1. The van der Waals surface area contributed by atoms with Gasteiger partial charge in [-0.15, -0.1) is 37.2 Å². The van der Waals surface area contributed by atoms with Crippen molar-refractivity contribution in [2.24, 2.45) is 39.8 Å². The Morgan fingerprint density at radius 2 is 1.81 bits per heavy atom. The Bertz CT molecular complexity index is 574. The molecule has 0 radical (unpaired) electrons. The highest BCUT2D eigenvalue weighted by atomic mass is 35.5. The average Bonchev–Trinajstić information content (AvgIpc) is 2.61. The number of hydrogen-bond acceptors (Lipinski definition) is 7. The topological polar surface area (TPSA) is 223 Å². The van der Waals surface area contributed by atoms with Crippen LogP contribution in [0.4, 0.5) is 0 Å². The molecule has 12 N–H and O–H groups in total. The van der Waals surface area contributed by atoms with Crippen molar-refractivity contribution in [2.75, 3.05) is 13.1 Å². The summed E-state index contributed by atoms with van der Waals surface area (Å²) < 4.78 is 0. The molecule has 1 amide bonds. The smallest absolute Gasteiger partial charge is 0.451 e. The molecule has 0 bridgehead atoms. The lowest BCUT2D eigenvalue weighted by molar-refractivity contribution is -0.148. The lowest BCUT2D eigenvalue weighted by Crippen LogP contribution is -2.60. The maximum absolute atomic E-state index is 12.2. The summed E-state index contributed by atoms with van der Waals surface area (Å²) in [5, 5.41) is 30.3. The lowest BCUT2D eigenvalue weighted by atomic mass is 9.66. The molecule has 15 heteroatoms. The van der Waals surface area contributed by atoms with Gasteiger partial charge in [-0.05, 0) is 44.3 Å². The van der Waals surface area contributed by atoms with Gasteiger partial charge in [0.15, 0.2) is 5.96 Å². The van der Waals surface area contributed by atoms with Gasteiger partial charge in [0.1, 0.15) is 5.54 Å². The number of carbonyl (C=O) groups is 2. The molecule has 1 saturated carbocycles. The number of carbonyl (C=O) groups excluding carboxylic acids is 1. The number of rotatable bonds is 11. The van der Waals surface area contributed by atoms with E-state index in [1.165, 1.54) is 0 Å². The first kappa shape index (κ1) is 34.6. The number of aliphatic carboxylic acids is 1. The second kappa shape index (κ2) is 16.6. The van der Waals surface area contributed by atoms with Crippen molar-refractivity contribution < 1.29 is 24.7 Å². The number of amides is 1. The number of nitrogens with two attached hydrogens (primary N) is 4. The number of nitrogens with one attached hydrogen (secondary N) is 1. The fraction of sp³-hybridized carbons (Fsp3) is 0.812. The quantitative estimate of drug-likeness (QED) is 0.0724. The molecule has 0 aliphatic heterocycles. The first-order valence-corrected chi connectivity index (χ1v) is 9.53. The molecule has 0 spiro atoms. The van der Waals surface area contributed by atoms with E-state index in [0.717, 1.165) is 0 Å². The predicted octanol–water partition coefficient (Wildman–Crippen LogP) is -1.19. The molecular weight excluding hydrogens is 473 g/mol. The van der Waals surface area contributed by atoms with Crippen LogP contribution < -0.4 is 28.3 Å². The van der Waals surface area contributed by atoms with Crippen molar-refractivity contribution in [2.45, 2.75) is 56.4 Å². The van der Waals surface area contributed by atoms with Crippen LogP contribution in [0.15, 0.2) is 4.99 Å². The monoisotopic (exact) mass is 508 g/mol. The van der Waals surface area contributed by atoms with Crippen molar-refractivity contribution in [3.8, 4) is 0 Å². The summed E-state index contributed by atoms with van der Waals surface area (Å²) in [5.74, 6) is -1.95. The molecule has 0 unspecified atom stereocenters. The summed E-state index contributed by atoms with van der Waals surface area (Å²) in [6, 6.07) is -0.742. The van der Waals surface area contributed by atoms with Crippen molar-refractivity contribution in [1.29, 1.82) is 0 Å². The predicted molar refractivity (Wildman–Crippen MR) is 128 cm³/mol. The van der Waals surface area contributed by atoms with Gasteiger partial charge >= 0.3 is 13.1 Å². The van der Waals surface area contributed by atoms with Crippen LogP contribution in [0.5, 0.6) is 0 Å². The van der Waals surface area contributed by atoms with Gasteiger partial charge in [-0.2, -0.15) is 0 Å². The summed E-state index contributed by atoms with van der Waals surface area (Å²) in [7, 11) is -1.41. The number of guanidine groups is 1. The minimum atomic E-state index is -1.48. The largest absolute Gasteiger partial charge is 0.480 e. The molecule has 0 aromatic carbocycles. The SMILES string of the molecule is Cl.Cl.Cl.NC(N)=NCCC[C@H](N)C(=O)NC[C@@H]1CC[C@@H](CCB(O)O)C[C@]1(N)C(=O)O. The minimum Gasteiger partial charge on any atom is -0.480 e. The Morgan fingerprint density at radius 1 is 1.19 bits per heavy atom. The third-order valence-electron chi connectivity index (χ3n) is 5.34. The highest BCUT2D eigenvalue weighted by Gasteiger charge is 2.47. The van der Waals surface area contributed by atoms with Crippen LogP contribution in [0.2, 0.25) is 6.32 Å². The third-order valence-corrected chi connectivity index (χ3v) is 5.34. The summed E-state index contributed by atoms with van der Waals surface area (Å²) in [5.41, 5.74) is 21.0. The Labute approximate surface area is 201 Å². The number of halogens is 3. The van der Waals surface area contributed by atoms with Crippen molar-refractivity contribution in [1.82, 2.24) is 5.32 Å². The van der Waals surface area contributed by atoms with E-state index < -0.39 is 30.6 Å². The third kappa shape index (κ3) is 12.0.